The summed E-state index contributed by atoms with van der Waals surface area (Å²) >= 11 is 3.91. The number of benzene rings is 1. The standard InChI is InChI=1S/C10H5BrF3NS/c11-7-3-1-6(2-4-7)8-5-15-9(16-8)10(12,13)14/h1-5H. The SMILES string of the molecule is FC(F)(F)c1ncc(-c2ccc(Br)cc2)s1. The van der Waals surface area contributed by atoms with Gasteiger partial charge in [0.05, 0.1) is 4.88 Å². The van der Waals surface area contributed by atoms with E-state index in [9.17, 15) is 13.2 Å². The molecule has 0 amide bonds. The summed E-state index contributed by atoms with van der Waals surface area (Å²) in [6, 6.07) is 7.06. The van der Waals surface area contributed by atoms with E-state index in [-0.39, 0.29) is 0 Å². The topological polar surface area (TPSA) is 12.9 Å². The lowest BCUT2D eigenvalue weighted by Gasteiger charge is -1.99. The first kappa shape index (κ1) is 11.6. The van der Waals surface area contributed by atoms with Gasteiger partial charge < -0.3 is 0 Å². The second-order valence-electron chi connectivity index (χ2n) is 3.03. The maximum absolute atomic E-state index is 12.3. The first-order valence-electron chi connectivity index (χ1n) is 4.26. The van der Waals surface area contributed by atoms with Crippen LogP contribution in [0.3, 0.4) is 0 Å². The zero-order valence-corrected chi connectivity index (χ0v) is 10.2. The quantitative estimate of drug-likeness (QED) is 0.751. The molecule has 16 heavy (non-hydrogen) atoms. The Kier molecular flexibility index (Phi) is 3.03. The minimum Gasteiger partial charge on any atom is -0.240 e. The lowest BCUT2D eigenvalue weighted by molar-refractivity contribution is -0.137. The molecule has 1 aromatic carbocycles. The molecule has 0 saturated carbocycles. The van der Waals surface area contributed by atoms with Crippen molar-refractivity contribution in [1.82, 2.24) is 4.98 Å². The summed E-state index contributed by atoms with van der Waals surface area (Å²) in [4.78, 5) is 3.88. The number of alkyl halides is 3. The largest absolute Gasteiger partial charge is 0.443 e. The number of rotatable bonds is 1. The molecule has 1 heterocycles. The zero-order valence-electron chi connectivity index (χ0n) is 7.75. The van der Waals surface area contributed by atoms with Gasteiger partial charge in [-0.2, -0.15) is 13.2 Å². The van der Waals surface area contributed by atoms with Crippen LogP contribution in [0.4, 0.5) is 13.2 Å². The average molecular weight is 308 g/mol. The molecule has 0 aliphatic carbocycles. The molecule has 0 unspecified atom stereocenters. The predicted octanol–water partition coefficient (Wildman–Crippen LogP) is 4.59. The van der Waals surface area contributed by atoms with E-state index in [0.717, 1.165) is 10.0 Å². The number of halogens is 4. The van der Waals surface area contributed by atoms with Gasteiger partial charge in [-0.3, -0.25) is 0 Å². The van der Waals surface area contributed by atoms with E-state index in [1.807, 2.05) is 0 Å². The molecule has 1 nitrogen and oxygen atoms in total. The van der Waals surface area contributed by atoms with Crippen LogP contribution in [0.15, 0.2) is 34.9 Å². The van der Waals surface area contributed by atoms with Crippen LogP contribution >= 0.6 is 27.3 Å². The fourth-order valence-corrected chi connectivity index (χ4v) is 2.21. The minimum absolute atomic E-state index is 0.514. The Balaban J connectivity index is 2.35. The summed E-state index contributed by atoms with van der Waals surface area (Å²) < 4.78 is 37.9. The highest BCUT2D eigenvalue weighted by Gasteiger charge is 2.34. The Morgan fingerprint density at radius 2 is 1.75 bits per heavy atom. The molecule has 0 bridgehead atoms. The summed E-state index contributed by atoms with van der Waals surface area (Å²) in [5, 5.41) is -0.814. The number of hydrogen-bond donors (Lipinski definition) is 0. The lowest BCUT2D eigenvalue weighted by atomic mass is 10.2. The van der Waals surface area contributed by atoms with Crippen molar-refractivity contribution < 1.29 is 13.2 Å². The van der Waals surface area contributed by atoms with Gasteiger partial charge in [0.25, 0.3) is 0 Å². The molecule has 6 heteroatoms. The molecule has 84 valence electrons. The molecule has 0 atom stereocenters. The molecule has 2 aromatic rings. The van der Waals surface area contributed by atoms with Crippen LogP contribution in [-0.2, 0) is 6.18 Å². The maximum atomic E-state index is 12.3. The zero-order chi connectivity index (χ0) is 11.8. The van der Waals surface area contributed by atoms with Gasteiger partial charge in [-0.1, -0.05) is 28.1 Å². The van der Waals surface area contributed by atoms with Gasteiger partial charge in [0.15, 0.2) is 5.01 Å². The van der Waals surface area contributed by atoms with Crippen LogP contribution in [-0.4, -0.2) is 4.98 Å². The Morgan fingerprint density at radius 1 is 1.12 bits per heavy atom. The van der Waals surface area contributed by atoms with Crippen molar-refractivity contribution in [3.05, 3.63) is 39.9 Å². The summed E-state index contributed by atoms with van der Waals surface area (Å²) in [7, 11) is 0. The summed E-state index contributed by atoms with van der Waals surface area (Å²) in [5.41, 5.74) is 0.733. The fourth-order valence-electron chi connectivity index (χ4n) is 1.15. The summed E-state index contributed by atoms with van der Waals surface area (Å²) in [6.07, 6.45) is -3.12. The Labute approximate surface area is 102 Å². The van der Waals surface area contributed by atoms with E-state index in [4.69, 9.17) is 0 Å². The van der Waals surface area contributed by atoms with Crippen molar-refractivity contribution in [2.24, 2.45) is 0 Å². The second kappa shape index (κ2) is 4.18. The Hall–Kier alpha value is -0.880. The van der Waals surface area contributed by atoms with Gasteiger partial charge in [-0.25, -0.2) is 4.98 Å². The Bertz CT molecular complexity index is 490. The number of thiazole rings is 1. The van der Waals surface area contributed by atoms with Crippen LogP contribution in [0, 0.1) is 0 Å². The van der Waals surface area contributed by atoms with Crippen LogP contribution in [0.5, 0.6) is 0 Å². The average Bonchev–Trinajstić information content (AvgIpc) is 2.67. The van der Waals surface area contributed by atoms with Gasteiger partial charge in [0.2, 0.25) is 0 Å². The summed E-state index contributed by atoms with van der Waals surface area (Å²) in [5.74, 6) is 0. The molecular weight excluding hydrogens is 303 g/mol. The smallest absolute Gasteiger partial charge is 0.240 e. The molecule has 0 aliphatic rings. The van der Waals surface area contributed by atoms with Gasteiger partial charge in [0.1, 0.15) is 0 Å². The molecule has 0 fully saturated rings. The van der Waals surface area contributed by atoms with Crippen molar-refractivity contribution in [1.29, 1.82) is 0 Å². The molecular formula is C10H5BrF3NS. The number of nitrogens with zero attached hydrogens (tertiary/aromatic N) is 1. The van der Waals surface area contributed by atoms with E-state index in [1.54, 1.807) is 24.3 Å². The van der Waals surface area contributed by atoms with Crippen molar-refractivity contribution in [3.63, 3.8) is 0 Å². The predicted molar refractivity (Wildman–Crippen MR) is 60.3 cm³/mol. The van der Waals surface area contributed by atoms with Crippen LogP contribution in [0.25, 0.3) is 10.4 Å². The van der Waals surface area contributed by atoms with Gasteiger partial charge in [-0.15, -0.1) is 11.3 Å². The van der Waals surface area contributed by atoms with Crippen molar-refractivity contribution in [2.45, 2.75) is 6.18 Å². The van der Waals surface area contributed by atoms with E-state index in [1.165, 1.54) is 6.20 Å². The first-order chi connectivity index (χ1) is 7.47. The molecule has 0 aliphatic heterocycles. The minimum atomic E-state index is -4.36. The third-order valence-corrected chi connectivity index (χ3v) is 3.50. The van der Waals surface area contributed by atoms with Crippen molar-refractivity contribution in [3.8, 4) is 10.4 Å². The normalized spacial score (nSPS) is 11.8. The first-order valence-corrected chi connectivity index (χ1v) is 5.87. The molecule has 0 N–H and O–H groups in total. The Morgan fingerprint density at radius 3 is 2.25 bits per heavy atom. The highest BCUT2D eigenvalue weighted by molar-refractivity contribution is 9.10. The van der Waals surface area contributed by atoms with E-state index in [0.29, 0.717) is 16.2 Å². The fraction of sp³-hybridized carbons (Fsp3) is 0.100. The second-order valence-corrected chi connectivity index (χ2v) is 4.98. The lowest BCUT2D eigenvalue weighted by Crippen LogP contribution is -2.02. The van der Waals surface area contributed by atoms with Crippen molar-refractivity contribution in [2.75, 3.05) is 0 Å². The highest BCUT2D eigenvalue weighted by atomic mass is 79.9. The van der Waals surface area contributed by atoms with E-state index >= 15 is 0 Å². The monoisotopic (exact) mass is 307 g/mol. The van der Waals surface area contributed by atoms with Gasteiger partial charge in [-0.05, 0) is 17.7 Å². The molecule has 0 radical (unpaired) electrons. The maximum Gasteiger partial charge on any atom is 0.443 e. The van der Waals surface area contributed by atoms with E-state index in [2.05, 4.69) is 20.9 Å². The number of hydrogen-bond acceptors (Lipinski definition) is 2. The molecule has 0 saturated heterocycles. The summed E-state index contributed by atoms with van der Waals surface area (Å²) in [6.45, 7) is 0. The highest BCUT2D eigenvalue weighted by Crippen LogP contribution is 2.36. The third-order valence-electron chi connectivity index (χ3n) is 1.88. The number of aromatic nitrogens is 1. The third kappa shape index (κ3) is 2.44. The molecule has 2 rings (SSSR count). The van der Waals surface area contributed by atoms with Crippen LogP contribution < -0.4 is 0 Å². The van der Waals surface area contributed by atoms with Crippen LogP contribution in [0.2, 0.25) is 0 Å². The van der Waals surface area contributed by atoms with E-state index < -0.39 is 11.2 Å². The van der Waals surface area contributed by atoms with Gasteiger partial charge >= 0.3 is 6.18 Å². The molecule has 1 aromatic heterocycles. The molecule has 0 spiro atoms. The van der Waals surface area contributed by atoms with Crippen molar-refractivity contribution >= 4 is 27.3 Å². The van der Waals surface area contributed by atoms with Crippen LogP contribution in [0.1, 0.15) is 5.01 Å². The van der Waals surface area contributed by atoms with Gasteiger partial charge in [0, 0.05) is 10.7 Å².